The van der Waals surface area contributed by atoms with Crippen molar-refractivity contribution in [3.05, 3.63) is 45.6 Å². The maximum Gasteiger partial charge on any atom is 0.395 e. The molecule has 1 aliphatic heterocycles. The number of allylic oxidation sites excluding steroid dienone is 2. The molecule has 2 amide bonds. The molecule has 1 saturated heterocycles. The Bertz CT molecular complexity index is 1160. The highest BCUT2D eigenvalue weighted by Gasteiger charge is 2.49. The Morgan fingerprint density at radius 2 is 1.82 bits per heavy atom. The zero-order valence-electron chi connectivity index (χ0n) is 24.6. The Kier molecular flexibility index (Phi) is 13.3. The molecule has 0 saturated carbocycles. The van der Waals surface area contributed by atoms with E-state index in [1.807, 2.05) is 11.8 Å². The van der Waals surface area contributed by atoms with Crippen LogP contribution in [0, 0.1) is 11.8 Å². The third-order valence-corrected chi connectivity index (χ3v) is 8.55. The van der Waals surface area contributed by atoms with Crippen LogP contribution < -0.4 is 5.32 Å². The van der Waals surface area contributed by atoms with Gasteiger partial charge in [0, 0.05) is 45.1 Å². The van der Waals surface area contributed by atoms with Gasteiger partial charge in [-0.05, 0) is 62.9 Å². The Morgan fingerprint density at radius 3 is 2.41 bits per heavy atom. The maximum absolute atomic E-state index is 13.5. The Hall–Kier alpha value is -2.38. The SMILES string of the molecule is CCN(CCNCCC(/C(COC1=CC(C(F)(F)F)CC(C(F)(F)F)C1)=N/OC)c1ccc(Cl)c(Cl)c1)C(=O)N1CCCC1. The van der Waals surface area contributed by atoms with Gasteiger partial charge in [-0.1, -0.05) is 34.4 Å². The van der Waals surface area contributed by atoms with Crippen LogP contribution >= 0.6 is 23.2 Å². The molecule has 0 aromatic heterocycles. The van der Waals surface area contributed by atoms with Crippen molar-refractivity contribution in [2.75, 3.05) is 53.0 Å². The average molecular weight is 676 g/mol. The number of carbonyl (C=O) groups is 1. The molecule has 15 heteroatoms. The van der Waals surface area contributed by atoms with Gasteiger partial charge in [0.05, 0.1) is 27.6 Å². The number of benzene rings is 1. The Balaban J connectivity index is 1.72. The van der Waals surface area contributed by atoms with Crippen molar-refractivity contribution in [2.45, 2.75) is 57.3 Å². The molecule has 1 aromatic carbocycles. The first-order valence-electron chi connectivity index (χ1n) is 14.5. The standard InChI is InChI=1S/C29H38Cl2F6N4O3/c1-3-40(27(42)41-11-4-5-12-41)13-10-38-9-8-23(19-6-7-24(30)25(31)14-19)26(39-43-2)18-44-22-16-20(28(32,33)34)15-21(17-22)29(35,36)37/h6-7,14,16,20-21,23,38H,3-5,8-13,15,17-18H2,1-2H3/b39-26+. The van der Waals surface area contributed by atoms with Crippen molar-refractivity contribution < 1.29 is 40.7 Å². The second-order valence-electron chi connectivity index (χ2n) is 10.8. The molecule has 7 nitrogen and oxygen atoms in total. The molecule has 3 unspecified atom stereocenters. The molecule has 1 heterocycles. The minimum absolute atomic E-state index is 0.00434. The van der Waals surface area contributed by atoms with Gasteiger partial charge in [-0.3, -0.25) is 0 Å². The predicted octanol–water partition coefficient (Wildman–Crippen LogP) is 7.65. The molecule has 0 radical (unpaired) electrons. The van der Waals surface area contributed by atoms with Crippen LogP contribution in [-0.2, 0) is 9.57 Å². The van der Waals surface area contributed by atoms with Gasteiger partial charge in [0.25, 0.3) is 0 Å². The molecule has 1 aromatic rings. The summed E-state index contributed by atoms with van der Waals surface area (Å²) in [6.45, 7) is 4.98. The van der Waals surface area contributed by atoms with E-state index in [-0.39, 0.29) is 16.8 Å². The van der Waals surface area contributed by atoms with Crippen molar-refractivity contribution in [1.29, 1.82) is 0 Å². The molecule has 248 valence electrons. The van der Waals surface area contributed by atoms with Crippen LogP contribution in [0.1, 0.15) is 50.5 Å². The molecule has 3 rings (SSSR count). The van der Waals surface area contributed by atoms with Gasteiger partial charge in [0.2, 0.25) is 0 Å². The van der Waals surface area contributed by atoms with Gasteiger partial charge < -0.3 is 24.7 Å². The number of halogens is 8. The van der Waals surface area contributed by atoms with Crippen LogP contribution in [0.3, 0.4) is 0 Å². The largest absolute Gasteiger partial charge is 0.492 e. The first kappa shape index (κ1) is 36.1. The normalized spacial score (nSPS) is 20.4. The van der Waals surface area contributed by atoms with Crippen LogP contribution in [-0.4, -0.2) is 86.9 Å². The van der Waals surface area contributed by atoms with E-state index >= 15 is 0 Å². The third kappa shape index (κ3) is 10.3. The summed E-state index contributed by atoms with van der Waals surface area (Å²) in [5.74, 6) is -5.41. The van der Waals surface area contributed by atoms with Gasteiger partial charge in [-0.25, -0.2) is 4.79 Å². The number of carbonyl (C=O) groups excluding carboxylic acids is 1. The summed E-state index contributed by atoms with van der Waals surface area (Å²) in [6.07, 6.45) is -8.35. The lowest BCUT2D eigenvalue weighted by molar-refractivity contribution is -0.207. The summed E-state index contributed by atoms with van der Waals surface area (Å²) in [7, 11) is 1.28. The molecule has 1 N–H and O–H groups in total. The van der Waals surface area contributed by atoms with Crippen molar-refractivity contribution in [3.8, 4) is 0 Å². The number of rotatable bonds is 13. The fourth-order valence-corrected chi connectivity index (χ4v) is 5.70. The highest BCUT2D eigenvalue weighted by atomic mass is 35.5. The minimum atomic E-state index is -4.84. The number of nitrogens with one attached hydrogen (secondary N) is 1. The van der Waals surface area contributed by atoms with Crippen molar-refractivity contribution >= 4 is 34.9 Å². The van der Waals surface area contributed by atoms with E-state index < -0.39 is 55.3 Å². The Labute approximate surface area is 263 Å². The molecular formula is C29H38Cl2F6N4O3. The molecule has 0 spiro atoms. The first-order valence-corrected chi connectivity index (χ1v) is 15.3. The zero-order valence-corrected chi connectivity index (χ0v) is 26.1. The lowest BCUT2D eigenvalue weighted by Gasteiger charge is -2.31. The lowest BCUT2D eigenvalue weighted by atomic mass is 9.84. The smallest absolute Gasteiger partial charge is 0.395 e. The van der Waals surface area contributed by atoms with Gasteiger partial charge in [0.15, 0.2) is 0 Å². The van der Waals surface area contributed by atoms with Crippen LogP contribution in [0.15, 0.2) is 35.2 Å². The van der Waals surface area contributed by atoms with E-state index in [4.69, 9.17) is 32.8 Å². The molecule has 2 aliphatic rings. The fraction of sp³-hybridized carbons (Fsp3) is 0.655. The third-order valence-electron chi connectivity index (χ3n) is 7.82. The molecule has 1 fully saturated rings. The Morgan fingerprint density at radius 1 is 1.11 bits per heavy atom. The predicted molar refractivity (Wildman–Crippen MR) is 157 cm³/mol. The van der Waals surface area contributed by atoms with Crippen LogP contribution in [0.25, 0.3) is 0 Å². The zero-order chi connectivity index (χ0) is 32.5. The number of likely N-dealkylation sites (N-methyl/N-ethyl adjacent to an activating group) is 1. The molecule has 1 aliphatic carbocycles. The summed E-state index contributed by atoms with van der Waals surface area (Å²) >= 11 is 12.4. The highest BCUT2D eigenvalue weighted by Crippen LogP contribution is 2.45. The van der Waals surface area contributed by atoms with E-state index in [0.717, 1.165) is 25.9 Å². The van der Waals surface area contributed by atoms with Crippen molar-refractivity contribution in [1.82, 2.24) is 15.1 Å². The highest BCUT2D eigenvalue weighted by molar-refractivity contribution is 6.42. The molecule has 0 bridgehead atoms. The van der Waals surface area contributed by atoms with Crippen molar-refractivity contribution in [3.63, 3.8) is 0 Å². The van der Waals surface area contributed by atoms with E-state index in [9.17, 15) is 31.1 Å². The van der Waals surface area contributed by atoms with E-state index in [0.29, 0.717) is 49.3 Å². The summed E-state index contributed by atoms with van der Waals surface area (Å²) in [5, 5.41) is 7.90. The van der Waals surface area contributed by atoms with E-state index in [1.54, 1.807) is 23.1 Å². The monoisotopic (exact) mass is 674 g/mol. The second kappa shape index (κ2) is 16.3. The summed E-state index contributed by atoms with van der Waals surface area (Å²) < 4.78 is 86.3. The number of ether oxygens (including phenoxy) is 1. The number of amides is 2. The summed E-state index contributed by atoms with van der Waals surface area (Å²) in [6, 6.07) is 4.91. The van der Waals surface area contributed by atoms with Crippen LogP contribution in [0.2, 0.25) is 10.0 Å². The number of alkyl halides is 6. The van der Waals surface area contributed by atoms with Gasteiger partial charge >= 0.3 is 18.4 Å². The average Bonchev–Trinajstić information content (AvgIpc) is 3.51. The van der Waals surface area contributed by atoms with Gasteiger partial charge in [-0.15, -0.1) is 0 Å². The number of hydrogen-bond acceptors (Lipinski definition) is 5. The molecule has 3 atom stereocenters. The number of likely N-dealkylation sites (tertiary alicyclic amines) is 1. The van der Waals surface area contributed by atoms with Gasteiger partial charge in [-0.2, -0.15) is 26.3 Å². The fourth-order valence-electron chi connectivity index (χ4n) is 5.39. The summed E-state index contributed by atoms with van der Waals surface area (Å²) in [5.41, 5.74) is 0.893. The van der Waals surface area contributed by atoms with Crippen molar-refractivity contribution in [2.24, 2.45) is 17.0 Å². The maximum atomic E-state index is 13.5. The lowest BCUT2D eigenvalue weighted by Crippen LogP contribution is -2.44. The molecular weight excluding hydrogens is 637 g/mol. The number of oxime groups is 1. The van der Waals surface area contributed by atoms with Crippen LogP contribution in [0.4, 0.5) is 31.1 Å². The van der Waals surface area contributed by atoms with Gasteiger partial charge in [0.1, 0.15) is 19.4 Å². The quantitative estimate of drug-likeness (QED) is 0.101. The van der Waals surface area contributed by atoms with Crippen LogP contribution in [0.5, 0.6) is 0 Å². The summed E-state index contributed by atoms with van der Waals surface area (Å²) in [4.78, 5) is 21.3. The first-order chi connectivity index (χ1) is 20.7. The second-order valence-corrected chi connectivity index (χ2v) is 11.6. The number of hydrogen-bond donors (Lipinski definition) is 1. The topological polar surface area (TPSA) is 66.4 Å². The van der Waals surface area contributed by atoms with E-state index in [1.165, 1.54) is 7.11 Å². The number of nitrogens with zero attached hydrogens (tertiary/aromatic N) is 3. The number of urea groups is 1. The van der Waals surface area contributed by atoms with E-state index in [2.05, 4.69) is 10.5 Å². The molecule has 44 heavy (non-hydrogen) atoms. The minimum Gasteiger partial charge on any atom is -0.492 e.